The van der Waals surface area contributed by atoms with Gasteiger partial charge in [-0.1, -0.05) is 70.6 Å². The van der Waals surface area contributed by atoms with Crippen LogP contribution >= 0.6 is 46.3 Å². The quantitative estimate of drug-likeness (QED) is 0.220. The first-order valence-electron chi connectivity index (χ1n) is 12.7. The Bertz CT molecular complexity index is 1830. The van der Waals surface area contributed by atoms with E-state index in [0.29, 0.717) is 47.5 Å². The number of nitrogens with zero attached hydrogens (tertiary/aromatic N) is 1. The van der Waals surface area contributed by atoms with Crippen molar-refractivity contribution in [3.05, 3.63) is 102 Å². The molecule has 3 aromatic carbocycles. The maximum atomic E-state index is 13.9. The molecule has 2 aliphatic heterocycles. The lowest BCUT2D eigenvalue weighted by molar-refractivity contribution is -0.137. The maximum Gasteiger partial charge on any atom is 0.418 e. The zero-order chi connectivity index (χ0) is 30.6. The molecule has 2 aliphatic rings. The van der Waals surface area contributed by atoms with E-state index in [-0.39, 0.29) is 11.5 Å². The summed E-state index contributed by atoms with van der Waals surface area (Å²) in [7, 11) is 1.43. The fraction of sp³-hybridized carbons (Fsp3) is 0.207. The first-order chi connectivity index (χ1) is 20.5. The fourth-order valence-corrected chi connectivity index (χ4v) is 8.29. The predicted octanol–water partition coefficient (Wildman–Crippen LogP) is 7.15. The van der Waals surface area contributed by atoms with Crippen molar-refractivity contribution in [1.29, 1.82) is 0 Å². The number of imide groups is 1. The summed E-state index contributed by atoms with van der Waals surface area (Å²) in [5, 5.41) is 0.229. The number of rotatable bonds is 6. The van der Waals surface area contributed by atoms with Crippen molar-refractivity contribution in [3.8, 4) is 11.5 Å². The number of para-hydroxylation sites is 1. The van der Waals surface area contributed by atoms with E-state index in [2.05, 4.69) is 4.98 Å². The van der Waals surface area contributed by atoms with Gasteiger partial charge in [0.2, 0.25) is 11.8 Å². The third kappa shape index (κ3) is 5.30. The lowest BCUT2D eigenvalue weighted by Crippen LogP contribution is -2.33. The minimum absolute atomic E-state index is 0.0978. The Balaban J connectivity index is 1.39. The third-order valence-electron chi connectivity index (χ3n) is 7.22. The Kier molecular flexibility index (Phi) is 7.74. The average molecular weight is 668 g/mol. The van der Waals surface area contributed by atoms with E-state index in [9.17, 15) is 27.6 Å². The number of aromatic nitrogens is 1. The molecule has 1 fully saturated rings. The number of aromatic amines is 1. The van der Waals surface area contributed by atoms with Crippen molar-refractivity contribution in [2.75, 3.05) is 12.0 Å². The summed E-state index contributed by atoms with van der Waals surface area (Å²) < 4.78 is 53.2. The minimum Gasteiger partial charge on any atom is -0.493 e. The number of nitrogens with one attached hydrogen (secondary N) is 1. The van der Waals surface area contributed by atoms with Gasteiger partial charge in [0.05, 0.1) is 29.3 Å². The Labute approximate surface area is 260 Å². The molecule has 1 N–H and O–H groups in total. The number of carbonyl (C=O) groups is 2. The second kappa shape index (κ2) is 11.2. The van der Waals surface area contributed by atoms with Crippen LogP contribution in [0.2, 0.25) is 10.0 Å². The molecule has 3 heterocycles. The van der Waals surface area contributed by atoms with Crippen LogP contribution in [-0.2, 0) is 22.4 Å². The first-order valence-corrected chi connectivity index (χ1v) is 15.1. The number of carbonyl (C=O) groups excluding carboxylic acids is 2. The summed E-state index contributed by atoms with van der Waals surface area (Å²) in [6.45, 7) is 0.0978. The molecular weight excluding hydrogens is 648 g/mol. The van der Waals surface area contributed by atoms with Gasteiger partial charge in [0.1, 0.15) is 11.9 Å². The molecule has 0 aliphatic carbocycles. The molecule has 4 aromatic rings. The van der Waals surface area contributed by atoms with Gasteiger partial charge in [-0.2, -0.15) is 13.2 Å². The van der Waals surface area contributed by atoms with Gasteiger partial charge in [0, 0.05) is 26.4 Å². The standard InChI is InChI=1S/C29H19Cl2F3N2O5S2/c1-40-20-10-13(7-9-19(20)41-12-14-6-8-15(30)11-17(14)31)21-22-24(42-25-23(21)43-28(39)35-25)27(38)36(26(22)37)18-5-3-2-4-16(18)29(32,33)34/h2-11,21-22,24H,12H2,1H3,(H,35,39). The summed E-state index contributed by atoms with van der Waals surface area (Å²) >= 11 is 14.1. The van der Waals surface area contributed by atoms with Crippen LogP contribution in [0.1, 0.15) is 27.5 Å². The molecule has 6 rings (SSSR count). The van der Waals surface area contributed by atoms with E-state index in [4.69, 9.17) is 32.7 Å². The van der Waals surface area contributed by atoms with Gasteiger partial charge in [-0.15, -0.1) is 0 Å². The maximum absolute atomic E-state index is 13.9. The molecule has 0 bridgehead atoms. The summed E-state index contributed by atoms with van der Waals surface area (Å²) in [5.74, 6) is -2.81. The van der Waals surface area contributed by atoms with Gasteiger partial charge in [-0.05, 0) is 42.0 Å². The smallest absolute Gasteiger partial charge is 0.418 e. The number of hydrogen-bond acceptors (Lipinski definition) is 7. The first kappa shape index (κ1) is 29.6. The topological polar surface area (TPSA) is 88.7 Å². The Hall–Kier alpha value is -3.45. The number of H-pyrrole nitrogens is 1. The van der Waals surface area contributed by atoms with Gasteiger partial charge in [-0.3, -0.25) is 14.4 Å². The average Bonchev–Trinajstić information content (AvgIpc) is 3.46. The molecule has 1 aromatic heterocycles. The summed E-state index contributed by atoms with van der Waals surface area (Å²) in [6, 6.07) is 14.4. The predicted molar refractivity (Wildman–Crippen MR) is 158 cm³/mol. The highest BCUT2D eigenvalue weighted by atomic mass is 35.5. The van der Waals surface area contributed by atoms with Gasteiger partial charge < -0.3 is 14.5 Å². The Morgan fingerprint density at radius 2 is 1.74 bits per heavy atom. The number of thioether (sulfide) groups is 1. The number of fused-ring (bicyclic) bond motifs is 2. The molecule has 0 radical (unpaired) electrons. The fourth-order valence-electron chi connectivity index (χ4n) is 5.31. The van der Waals surface area contributed by atoms with Crippen LogP contribution in [0.25, 0.3) is 0 Å². The summed E-state index contributed by atoms with van der Waals surface area (Å²) in [5.41, 5.74) is -0.421. The molecule has 0 saturated carbocycles. The number of alkyl halides is 3. The van der Waals surface area contributed by atoms with Crippen LogP contribution in [0.15, 0.2) is 70.5 Å². The highest BCUT2D eigenvalue weighted by Gasteiger charge is 2.57. The van der Waals surface area contributed by atoms with Gasteiger partial charge in [0.15, 0.2) is 11.5 Å². The SMILES string of the molecule is COc1cc(C2c3sc(=O)[nH]c3SC3C(=O)N(c4ccccc4C(F)(F)F)C(=O)C32)ccc1OCc1ccc(Cl)cc1Cl. The minimum atomic E-state index is -4.79. The van der Waals surface area contributed by atoms with Crippen LogP contribution < -0.4 is 19.2 Å². The monoisotopic (exact) mass is 666 g/mol. The zero-order valence-electron chi connectivity index (χ0n) is 21.9. The number of thiazole rings is 1. The van der Waals surface area contributed by atoms with E-state index in [1.807, 2.05) is 0 Å². The third-order valence-corrected chi connectivity index (χ3v) is 10.2. The number of methoxy groups -OCH3 is 1. The normalized spacial score (nSPS) is 19.8. The number of amides is 2. The van der Waals surface area contributed by atoms with Crippen molar-refractivity contribution in [1.82, 2.24) is 4.98 Å². The Morgan fingerprint density at radius 3 is 2.47 bits per heavy atom. The molecule has 0 spiro atoms. The largest absolute Gasteiger partial charge is 0.493 e. The lowest BCUT2D eigenvalue weighted by Gasteiger charge is -2.30. The second-order valence-electron chi connectivity index (χ2n) is 9.71. The van der Waals surface area contributed by atoms with E-state index in [0.717, 1.165) is 35.2 Å². The zero-order valence-corrected chi connectivity index (χ0v) is 25.1. The summed E-state index contributed by atoms with van der Waals surface area (Å²) in [6.07, 6.45) is -4.79. The second-order valence-corrected chi connectivity index (χ2v) is 12.7. The molecule has 3 atom stereocenters. The van der Waals surface area contributed by atoms with Gasteiger partial charge >= 0.3 is 11.0 Å². The summed E-state index contributed by atoms with van der Waals surface area (Å²) in [4.78, 5) is 43.4. The van der Waals surface area contributed by atoms with Crippen LogP contribution in [0.3, 0.4) is 0 Å². The highest BCUT2D eigenvalue weighted by molar-refractivity contribution is 8.00. The van der Waals surface area contributed by atoms with Crippen LogP contribution in [0, 0.1) is 5.92 Å². The number of halogens is 5. The molecule has 2 amide bonds. The van der Waals surface area contributed by atoms with E-state index in [1.54, 1.807) is 36.4 Å². The van der Waals surface area contributed by atoms with Crippen molar-refractivity contribution in [3.63, 3.8) is 0 Å². The van der Waals surface area contributed by atoms with Crippen molar-refractivity contribution < 1.29 is 32.2 Å². The van der Waals surface area contributed by atoms with Crippen molar-refractivity contribution in [2.45, 2.75) is 29.0 Å². The molecule has 3 unspecified atom stereocenters. The van der Waals surface area contributed by atoms with Crippen LogP contribution in [-0.4, -0.2) is 29.2 Å². The number of hydrogen-bond donors (Lipinski definition) is 1. The molecule has 14 heteroatoms. The van der Waals surface area contributed by atoms with Crippen LogP contribution in [0.5, 0.6) is 11.5 Å². The molecule has 7 nitrogen and oxygen atoms in total. The van der Waals surface area contributed by atoms with E-state index >= 15 is 0 Å². The van der Waals surface area contributed by atoms with E-state index in [1.165, 1.54) is 19.2 Å². The lowest BCUT2D eigenvalue weighted by atomic mass is 9.83. The number of anilines is 1. The molecule has 222 valence electrons. The molecular formula is C29H19Cl2F3N2O5S2. The van der Waals surface area contributed by atoms with Gasteiger partial charge in [0.25, 0.3) is 0 Å². The number of benzene rings is 3. The van der Waals surface area contributed by atoms with Crippen molar-refractivity contribution in [2.24, 2.45) is 5.92 Å². The number of ether oxygens (including phenoxy) is 2. The highest BCUT2D eigenvalue weighted by Crippen LogP contribution is 2.54. The Morgan fingerprint density at radius 1 is 0.977 bits per heavy atom. The van der Waals surface area contributed by atoms with E-state index < -0.39 is 46.3 Å². The molecule has 1 saturated heterocycles. The van der Waals surface area contributed by atoms with Gasteiger partial charge in [-0.25, -0.2) is 4.90 Å². The van der Waals surface area contributed by atoms with Crippen LogP contribution in [0.4, 0.5) is 18.9 Å². The molecule has 43 heavy (non-hydrogen) atoms. The van der Waals surface area contributed by atoms with Crippen molar-refractivity contribution >= 4 is 63.8 Å².